The number of benzene rings is 14. The number of para-hydroxylation sites is 2. The third kappa shape index (κ3) is 7.54. The van der Waals surface area contributed by atoms with Gasteiger partial charge >= 0.3 is 0 Å². The maximum Gasteiger partial charge on any atom is 0.0725 e. The van der Waals surface area contributed by atoms with Crippen molar-refractivity contribution in [2.45, 2.75) is 5.41 Å². The Labute approximate surface area is 504 Å². The average molecular weight is 1100 g/mol. The van der Waals surface area contributed by atoms with E-state index in [4.69, 9.17) is 0 Å². The molecule has 0 saturated heterocycles. The van der Waals surface area contributed by atoms with E-state index >= 15 is 0 Å². The second-order valence-electron chi connectivity index (χ2n) is 23.5. The van der Waals surface area contributed by atoms with Crippen LogP contribution in [0, 0.1) is 0 Å². The maximum atomic E-state index is 2.46. The largest absolute Gasteiger partial charge is 0.309 e. The molecular weight excluding hydrogens is 1050 g/mol. The SMILES string of the molecule is C(=C\c1ccc2c(c1)C1(c3ccccc3-c3ccccc31)c1cc(/C=C/c3ccc(-c4ccc5c(c4)c4ccccc4n5-c4cccc5ccccc45)cc3)ccc1-2)/c1ccc(-c2ccc3c(c2)c2ccccc2n3-c2cccc3ccccc23)cc1. The standard InChI is InChI=1S/C85H54N2/c1-3-19-65-61(15-1)17-13-29-79(65)86-81-27-11-7-23-71(81)73-53-63(45-49-83(73)86)59-41-35-55(36-42-59)31-33-57-39-47-69-70-48-40-58(52-78(70)85(77(69)51-57)75-25-9-5-21-67(75)68-22-6-10-26-76(68)85)34-32-56-37-43-60(44-38-56)64-46-50-84-74(54-64)72-24-8-12-28-82(72)87(84)80-30-14-18-62-16-2-4-20-66(62)80/h1-54H/b33-31+,34-32+. The second-order valence-corrected chi connectivity index (χ2v) is 23.5. The molecule has 0 aliphatic heterocycles. The number of hydrogen-bond donors (Lipinski definition) is 0. The lowest BCUT2D eigenvalue weighted by molar-refractivity contribution is 0.793. The highest BCUT2D eigenvalue weighted by Crippen LogP contribution is 2.63. The summed E-state index contributed by atoms with van der Waals surface area (Å²) in [6, 6.07) is 113. The molecule has 2 aliphatic carbocycles. The molecule has 0 bridgehead atoms. The summed E-state index contributed by atoms with van der Waals surface area (Å²) in [5.41, 5.74) is 26.8. The van der Waals surface area contributed by atoms with E-state index in [-0.39, 0.29) is 0 Å². The van der Waals surface area contributed by atoms with E-state index in [9.17, 15) is 0 Å². The smallest absolute Gasteiger partial charge is 0.0725 e. The van der Waals surface area contributed by atoms with Crippen LogP contribution in [0.25, 0.3) is 145 Å². The quantitative estimate of drug-likeness (QED) is 0.134. The minimum atomic E-state index is -0.473. The molecule has 0 radical (unpaired) electrons. The molecule has 16 aromatic rings. The number of nitrogens with zero attached hydrogens (tertiary/aromatic N) is 2. The van der Waals surface area contributed by atoms with Crippen LogP contribution in [0.5, 0.6) is 0 Å². The molecule has 14 aromatic carbocycles. The van der Waals surface area contributed by atoms with Crippen LogP contribution in [0.4, 0.5) is 0 Å². The summed E-state index contributed by atoms with van der Waals surface area (Å²) in [6.45, 7) is 0. The molecule has 0 N–H and O–H groups in total. The third-order valence-corrected chi connectivity index (χ3v) is 18.9. The molecule has 2 aromatic heterocycles. The number of aromatic nitrogens is 2. The Kier molecular flexibility index (Phi) is 10.9. The fourth-order valence-corrected chi connectivity index (χ4v) is 15.0. The topological polar surface area (TPSA) is 9.86 Å². The summed E-state index contributed by atoms with van der Waals surface area (Å²) in [5.74, 6) is 0. The summed E-state index contributed by atoms with van der Waals surface area (Å²) >= 11 is 0. The number of fused-ring (bicyclic) bond motifs is 18. The predicted molar refractivity (Wildman–Crippen MR) is 368 cm³/mol. The van der Waals surface area contributed by atoms with Gasteiger partial charge in [0, 0.05) is 32.3 Å². The highest BCUT2D eigenvalue weighted by molar-refractivity contribution is 6.13. The Bertz CT molecular complexity index is 5210. The molecule has 87 heavy (non-hydrogen) atoms. The number of rotatable bonds is 8. The summed E-state index contributed by atoms with van der Waals surface area (Å²) < 4.78 is 4.86. The molecule has 2 heteroatoms. The fourth-order valence-electron chi connectivity index (χ4n) is 15.0. The van der Waals surface area contributed by atoms with E-state index in [0.29, 0.717) is 0 Å². The van der Waals surface area contributed by atoms with Crippen molar-refractivity contribution in [1.29, 1.82) is 0 Å². The van der Waals surface area contributed by atoms with Gasteiger partial charge in [0.05, 0.1) is 38.9 Å². The van der Waals surface area contributed by atoms with Crippen molar-refractivity contribution in [2.24, 2.45) is 0 Å². The minimum Gasteiger partial charge on any atom is -0.309 e. The molecular formula is C85H54N2. The van der Waals surface area contributed by atoms with E-state index < -0.39 is 5.41 Å². The van der Waals surface area contributed by atoms with E-state index in [2.05, 4.69) is 337 Å². The first-order chi connectivity index (χ1) is 43.1. The van der Waals surface area contributed by atoms with Crippen LogP contribution >= 0.6 is 0 Å². The van der Waals surface area contributed by atoms with Gasteiger partial charge in [-0.25, -0.2) is 0 Å². The highest BCUT2D eigenvalue weighted by atomic mass is 15.0. The second kappa shape index (κ2) is 19.4. The minimum absolute atomic E-state index is 0.473. The van der Waals surface area contributed by atoms with Crippen molar-refractivity contribution in [2.75, 3.05) is 0 Å². The van der Waals surface area contributed by atoms with Gasteiger partial charge in [0.1, 0.15) is 0 Å². The van der Waals surface area contributed by atoms with Crippen LogP contribution in [0.3, 0.4) is 0 Å². The van der Waals surface area contributed by atoms with Crippen LogP contribution in [0.15, 0.2) is 303 Å². The van der Waals surface area contributed by atoms with Crippen LogP contribution in [0.1, 0.15) is 44.5 Å². The first-order valence-corrected chi connectivity index (χ1v) is 30.2. The Morgan fingerprint density at radius 2 is 0.563 bits per heavy atom. The lowest BCUT2D eigenvalue weighted by atomic mass is 9.70. The number of hydrogen-bond acceptors (Lipinski definition) is 0. The zero-order valence-electron chi connectivity index (χ0n) is 47.6. The Morgan fingerprint density at radius 3 is 1.03 bits per heavy atom. The summed E-state index contributed by atoms with van der Waals surface area (Å²) in [5, 5.41) is 9.99. The van der Waals surface area contributed by atoms with Gasteiger partial charge in [-0.15, -0.1) is 0 Å². The van der Waals surface area contributed by atoms with Gasteiger partial charge in [0.25, 0.3) is 0 Å². The van der Waals surface area contributed by atoms with Crippen LogP contribution in [-0.4, -0.2) is 9.13 Å². The van der Waals surface area contributed by atoms with Crippen molar-refractivity contribution in [3.8, 4) is 55.9 Å². The molecule has 0 atom stereocenters. The first kappa shape index (κ1) is 49.1. The molecule has 0 amide bonds. The van der Waals surface area contributed by atoms with Gasteiger partial charge in [0.2, 0.25) is 0 Å². The molecule has 0 fully saturated rings. The van der Waals surface area contributed by atoms with Crippen molar-refractivity contribution < 1.29 is 0 Å². The van der Waals surface area contributed by atoms with Crippen molar-refractivity contribution in [3.05, 3.63) is 348 Å². The molecule has 2 heterocycles. The molecule has 2 aliphatic rings. The van der Waals surface area contributed by atoms with E-state index in [1.54, 1.807) is 0 Å². The van der Waals surface area contributed by atoms with Gasteiger partial charge < -0.3 is 9.13 Å². The van der Waals surface area contributed by atoms with Crippen molar-refractivity contribution in [1.82, 2.24) is 9.13 Å². The Morgan fingerprint density at radius 1 is 0.218 bits per heavy atom. The monoisotopic (exact) mass is 1100 g/mol. The molecule has 0 unspecified atom stereocenters. The highest BCUT2D eigenvalue weighted by Gasteiger charge is 2.51. The third-order valence-electron chi connectivity index (χ3n) is 18.9. The van der Waals surface area contributed by atoms with Gasteiger partial charge in [-0.3, -0.25) is 0 Å². The predicted octanol–water partition coefficient (Wildman–Crippen LogP) is 22.2. The van der Waals surface area contributed by atoms with Crippen LogP contribution in [-0.2, 0) is 5.41 Å². The van der Waals surface area contributed by atoms with Gasteiger partial charge in [-0.05, 0) is 160 Å². The van der Waals surface area contributed by atoms with E-state index in [0.717, 1.165) is 11.1 Å². The van der Waals surface area contributed by atoms with Crippen molar-refractivity contribution in [3.63, 3.8) is 0 Å². The molecule has 2 nitrogen and oxygen atoms in total. The van der Waals surface area contributed by atoms with Crippen LogP contribution < -0.4 is 0 Å². The Balaban J connectivity index is 0.653. The summed E-state index contributed by atoms with van der Waals surface area (Å²) in [4.78, 5) is 0. The lowest BCUT2D eigenvalue weighted by Gasteiger charge is -2.30. The van der Waals surface area contributed by atoms with Gasteiger partial charge in [-0.1, -0.05) is 267 Å². The van der Waals surface area contributed by atoms with Gasteiger partial charge in [-0.2, -0.15) is 0 Å². The van der Waals surface area contributed by atoms with Gasteiger partial charge in [0.15, 0.2) is 0 Å². The molecule has 404 valence electrons. The van der Waals surface area contributed by atoms with E-state index in [1.165, 1.54) is 154 Å². The molecule has 1 spiro atoms. The first-order valence-electron chi connectivity index (χ1n) is 30.2. The van der Waals surface area contributed by atoms with Crippen molar-refractivity contribution >= 4 is 89.5 Å². The zero-order valence-corrected chi connectivity index (χ0v) is 47.6. The normalized spacial score (nSPS) is 13.1. The Hall–Kier alpha value is -11.3. The zero-order chi connectivity index (χ0) is 57.2. The average Bonchev–Trinajstić information content (AvgIpc) is 1.54. The summed E-state index contributed by atoms with van der Waals surface area (Å²) in [7, 11) is 0. The molecule has 18 rings (SSSR count). The maximum absolute atomic E-state index is 2.46. The fraction of sp³-hybridized carbons (Fsp3) is 0.0118. The summed E-state index contributed by atoms with van der Waals surface area (Å²) in [6.07, 6.45) is 9.10. The molecule has 0 saturated carbocycles. The van der Waals surface area contributed by atoms with Crippen LogP contribution in [0.2, 0.25) is 0 Å². The van der Waals surface area contributed by atoms with E-state index in [1.807, 2.05) is 0 Å². The lowest BCUT2D eigenvalue weighted by Crippen LogP contribution is -2.26.